The lowest BCUT2D eigenvalue weighted by atomic mass is 10.2. The summed E-state index contributed by atoms with van der Waals surface area (Å²) in [6.07, 6.45) is 0. The summed E-state index contributed by atoms with van der Waals surface area (Å²) in [5.41, 5.74) is 1.75. The summed E-state index contributed by atoms with van der Waals surface area (Å²) >= 11 is 0. The fourth-order valence-electron chi connectivity index (χ4n) is 2.04. The summed E-state index contributed by atoms with van der Waals surface area (Å²) in [5.74, 6) is -0.685. The summed E-state index contributed by atoms with van der Waals surface area (Å²) in [6, 6.07) is 12.5. The van der Waals surface area contributed by atoms with Gasteiger partial charge in [0.15, 0.2) is 0 Å². The molecule has 2 amide bonds. The molecule has 0 heterocycles. The molecule has 138 valence electrons. The number of nitrogens with zero attached hydrogens (tertiary/aromatic N) is 1. The molecular formula is C18H21N3O4S. The van der Waals surface area contributed by atoms with Crippen molar-refractivity contribution in [2.24, 2.45) is 0 Å². The molecule has 0 radical (unpaired) electrons. The van der Waals surface area contributed by atoms with Gasteiger partial charge in [0.1, 0.15) is 0 Å². The van der Waals surface area contributed by atoms with E-state index in [2.05, 4.69) is 10.0 Å². The molecule has 0 saturated heterocycles. The van der Waals surface area contributed by atoms with E-state index in [-0.39, 0.29) is 22.9 Å². The van der Waals surface area contributed by atoms with E-state index >= 15 is 0 Å². The van der Waals surface area contributed by atoms with E-state index in [1.54, 1.807) is 38.4 Å². The van der Waals surface area contributed by atoms with Crippen LogP contribution in [0.5, 0.6) is 0 Å². The normalized spacial score (nSPS) is 10.9. The van der Waals surface area contributed by atoms with Crippen molar-refractivity contribution < 1.29 is 18.0 Å². The molecule has 0 saturated carbocycles. The van der Waals surface area contributed by atoms with E-state index in [4.69, 9.17) is 0 Å². The molecule has 7 nitrogen and oxygen atoms in total. The lowest BCUT2D eigenvalue weighted by Gasteiger charge is -2.11. The van der Waals surface area contributed by atoms with Crippen molar-refractivity contribution in [1.29, 1.82) is 0 Å². The van der Waals surface area contributed by atoms with Crippen LogP contribution in [0.25, 0.3) is 0 Å². The highest BCUT2D eigenvalue weighted by Gasteiger charge is 2.15. The van der Waals surface area contributed by atoms with E-state index in [0.717, 1.165) is 5.56 Å². The zero-order chi connectivity index (χ0) is 19.3. The van der Waals surface area contributed by atoms with E-state index < -0.39 is 15.9 Å². The minimum absolute atomic E-state index is 0.0407. The molecule has 0 atom stereocenters. The van der Waals surface area contributed by atoms with Gasteiger partial charge in [-0.15, -0.1) is 0 Å². The predicted octanol–water partition coefficient (Wildman–Crippen LogP) is 1.61. The Morgan fingerprint density at radius 3 is 2.08 bits per heavy atom. The lowest BCUT2D eigenvalue weighted by Crippen LogP contribution is -2.36. The zero-order valence-electron chi connectivity index (χ0n) is 14.8. The van der Waals surface area contributed by atoms with Gasteiger partial charge >= 0.3 is 0 Å². The van der Waals surface area contributed by atoms with Gasteiger partial charge in [0, 0.05) is 25.3 Å². The maximum atomic E-state index is 12.4. The lowest BCUT2D eigenvalue weighted by molar-refractivity contribution is -0.127. The minimum atomic E-state index is -3.75. The van der Waals surface area contributed by atoms with E-state index in [0.29, 0.717) is 5.69 Å². The SMILES string of the molecule is Cc1ccc(NS(=O)(=O)c2ccc(C(=O)NCC(=O)N(C)C)cc2)cc1. The zero-order valence-corrected chi connectivity index (χ0v) is 15.6. The van der Waals surface area contributed by atoms with Gasteiger partial charge in [0.25, 0.3) is 15.9 Å². The van der Waals surface area contributed by atoms with Crippen LogP contribution in [-0.4, -0.2) is 45.8 Å². The number of amides is 2. The molecule has 8 heteroatoms. The molecule has 0 bridgehead atoms. The Hall–Kier alpha value is -2.87. The molecular weight excluding hydrogens is 354 g/mol. The number of hydrogen-bond donors (Lipinski definition) is 2. The van der Waals surface area contributed by atoms with Crippen molar-refractivity contribution >= 4 is 27.5 Å². The number of carbonyl (C=O) groups is 2. The smallest absolute Gasteiger partial charge is 0.261 e. The molecule has 0 spiro atoms. The first-order valence-electron chi connectivity index (χ1n) is 7.87. The van der Waals surface area contributed by atoms with E-state index in [1.165, 1.54) is 29.2 Å². The maximum absolute atomic E-state index is 12.4. The third-order valence-electron chi connectivity index (χ3n) is 3.63. The van der Waals surface area contributed by atoms with Gasteiger partial charge in [-0.25, -0.2) is 8.42 Å². The summed E-state index contributed by atoms with van der Waals surface area (Å²) < 4.78 is 27.3. The number of hydrogen-bond acceptors (Lipinski definition) is 4. The van der Waals surface area contributed by atoms with Gasteiger partial charge in [-0.3, -0.25) is 14.3 Å². The fraction of sp³-hybridized carbons (Fsp3) is 0.222. The Morgan fingerprint density at radius 1 is 0.962 bits per heavy atom. The maximum Gasteiger partial charge on any atom is 0.261 e. The van der Waals surface area contributed by atoms with Gasteiger partial charge in [0.05, 0.1) is 11.4 Å². The van der Waals surface area contributed by atoms with Crippen LogP contribution in [0.15, 0.2) is 53.4 Å². The Labute approximate surface area is 153 Å². The van der Waals surface area contributed by atoms with Crippen molar-refractivity contribution in [2.45, 2.75) is 11.8 Å². The molecule has 0 unspecified atom stereocenters. The largest absolute Gasteiger partial charge is 0.347 e. The molecule has 0 fully saturated rings. The Kier molecular flexibility index (Phi) is 5.99. The average Bonchev–Trinajstić information content (AvgIpc) is 2.61. The molecule has 0 aliphatic carbocycles. The van der Waals surface area contributed by atoms with Gasteiger partial charge in [-0.2, -0.15) is 0 Å². The standard InChI is InChI=1S/C18H21N3O4S/c1-13-4-8-15(9-5-13)20-26(24,25)16-10-6-14(7-11-16)18(23)19-12-17(22)21(2)3/h4-11,20H,12H2,1-3H3,(H,19,23). The molecule has 2 aromatic rings. The average molecular weight is 375 g/mol. The summed E-state index contributed by atoms with van der Waals surface area (Å²) in [4.78, 5) is 24.9. The van der Waals surface area contributed by atoms with Gasteiger partial charge in [-0.05, 0) is 43.3 Å². The number of sulfonamides is 1. The predicted molar refractivity (Wildman–Crippen MR) is 99.5 cm³/mol. The quantitative estimate of drug-likeness (QED) is 0.802. The van der Waals surface area contributed by atoms with Gasteiger partial charge in [0.2, 0.25) is 5.91 Å². The van der Waals surface area contributed by atoms with Gasteiger partial charge in [-0.1, -0.05) is 17.7 Å². The van der Waals surface area contributed by atoms with Crippen molar-refractivity contribution in [3.63, 3.8) is 0 Å². The second-order valence-corrected chi connectivity index (χ2v) is 7.65. The summed E-state index contributed by atoms with van der Waals surface area (Å²) in [7, 11) is -0.563. The highest BCUT2D eigenvalue weighted by molar-refractivity contribution is 7.92. The first-order chi connectivity index (χ1) is 12.2. The number of aryl methyl sites for hydroxylation is 1. The summed E-state index contributed by atoms with van der Waals surface area (Å²) in [6.45, 7) is 1.79. The topological polar surface area (TPSA) is 95.6 Å². The van der Waals surface area contributed by atoms with Crippen LogP contribution in [0, 0.1) is 6.92 Å². The molecule has 0 aliphatic heterocycles. The highest BCUT2D eigenvalue weighted by atomic mass is 32.2. The minimum Gasteiger partial charge on any atom is -0.347 e. The number of carbonyl (C=O) groups excluding carboxylic acids is 2. The molecule has 26 heavy (non-hydrogen) atoms. The van der Waals surface area contributed by atoms with Crippen molar-refractivity contribution in [3.05, 3.63) is 59.7 Å². The molecule has 2 rings (SSSR count). The van der Waals surface area contributed by atoms with Crippen LogP contribution < -0.4 is 10.0 Å². The van der Waals surface area contributed by atoms with Crippen LogP contribution in [0.3, 0.4) is 0 Å². The molecule has 0 aromatic heterocycles. The molecule has 2 N–H and O–H groups in total. The first kappa shape index (κ1) is 19.5. The fourth-order valence-corrected chi connectivity index (χ4v) is 3.10. The third-order valence-corrected chi connectivity index (χ3v) is 5.03. The van der Waals surface area contributed by atoms with Crippen LogP contribution in [0.4, 0.5) is 5.69 Å². The van der Waals surface area contributed by atoms with E-state index in [1.807, 2.05) is 6.92 Å². The molecule has 0 aliphatic rings. The van der Waals surface area contributed by atoms with Crippen LogP contribution in [0.2, 0.25) is 0 Å². The Bertz CT molecular complexity index is 889. The number of anilines is 1. The second-order valence-electron chi connectivity index (χ2n) is 5.97. The van der Waals surface area contributed by atoms with Crippen molar-refractivity contribution in [1.82, 2.24) is 10.2 Å². The summed E-state index contributed by atoms with van der Waals surface area (Å²) in [5, 5.41) is 2.49. The van der Waals surface area contributed by atoms with Crippen LogP contribution in [0.1, 0.15) is 15.9 Å². The number of rotatable bonds is 6. The van der Waals surface area contributed by atoms with Gasteiger partial charge < -0.3 is 10.2 Å². The van der Waals surface area contributed by atoms with Crippen LogP contribution >= 0.6 is 0 Å². The molecule has 2 aromatic carbocycles. The number of likely N-dealkylation sites (N-methyl/N-ethyl adjacent to an activating group) is 1. The van der Waals surface area contributed by atoms with Crippen LogP contribution in [-0.2, 0) is 14.8 Å². The number of benzene rings is 2. The first-order valence-corrected chi connectivity index (χ1v) is 9.35. The third kappa shape index (κ3) is 5.06. The van der Waals surface area contributed by atoms with E-state index in [9.17, 15) is 18.0 Å². The highest BCUT2D eigenvalue weighted by Crippen LogP contribution is 2.17. The van der Waals surface area contributed by atoms with Crippen molar-refractivity contribution in [2.75, 3.05) is 25.4 Å². The monoisotopic (exact) mass is 375 g/mol. The Balaban J connectivity index is 2.06. The Morgan fingerprint density at radius 2 is 1.54 bits per heavy atom. The van der Waals surface area contributed by atoms with Crippen molar-refractivity contribution in [3.8, 4) is 0 Å². The number of nitrogens with one attached hydrogen (secondary N) is 2. The second kappa shape index (κ2) is 8.01.